The number of nitrogens with one attached hydrogen (secondary N) is 1. The Labute approximate surface area is 205 Å². The quantitative estimate of drug-likeness (QED) is 0.553. The van der Waals surface area contributed by atoms with E-state index >= 15 is 0 Å². The molecule has 2 aromatic rings. The maximum absolute atomic E-state index is 13.3. The van der Waals surface area contributed by atoms with E-state index in [4.69, 9.17) is 33.0 Å². The van der Waals surface area contributed by atoms with Gasteiger partial charge in [-0.25, -0.2) is 5.01 Å². The molecule has 2 heterocycles. The van der Waals surface area contributed by atoms with E-state index in [-0.39, 0.29) is 17.9 Å². The molecule has 2 aliphatic rings. The molecule has 2 aromatic carbocycles. The van der Waals surface area contributed by atoms with Crippen LogP contribution in [0.25, 0.3) is 0 Å². The van der Waals surface area contributed by atoms with E-state index in [0.717, 1.165) is 37.2 Å². The van der Waals surface area contributed by atoms with Crippen LogP contribution < -0.4 is 15.2 Å². The normalized spacial score (nSPS) is 21.5. The number of carbonyl (C=O) groups is 1. The van der Waals surface area contributed by atoms with Gasteiger partial charge in [0.15, 0.2) is 0 Å². The van der Waals surface area contributed by atoms with E-state index in [9.17, 15) is 4.79 Å². The smallest absolute Gasteiger partial charge is 0.282 e. The Morgan fingerprint density at radius 1 is 1.09 bits per heavy atom. The van der Waals surface area contributed by atoms with Crippen molar-refractivity contribution in [3.63, 3.8) is 0 Å². The lowest BCUT2D eigenvalue weighted by Crippen LogP contribution is -2.46. The van der Waals surface area contributed by atoms with Gasteiger partial charge in [0, 0.05) is 24.0 Å². The van der Waals surface area contributed by atoms with Gasteiger partial charge in [0.2, 0.25) is 0 Å². The lowest BCUT2D eigenvalue weighted by atomic mass is 9.91. The number of anilines is 1. The molecule has 0 spiro atoms. The highest BCUT2D eigenvalue weighted by Crippen LogP contribution is 2.42. The number of carbonyl (C=O) groups excluding carboxylic acids is 1. The minimum atomic E-state index is -0.191. The zero-order chi connectivity index (χ0) is 23.4. The van der Waals surface area contributed by atoms with E-state index in [2.05, 4.69) is 5.43 Å². The summed E-state index contributed by atoms with van der Waals surface area (Å²) in [6, 6.07) is 13.1. The molecule has 8 heteroatoms. The largest absolute Gasteiger partial charge is 0.494 e. The standard InChI is InChI=1S/C25H30Cl2N4O2/c1-3-33-20-11-8-18(9-12-20)24-17(2)23(25(32)29-30-14-6-4-5-7-15-30)28-31(24)22-13-10-19(26)16-21(22)27/h8-13,16-17,24H,3-7,14-15H2,1-2H3,(H,29,32)/t17-,24-/m0/s1. The monoisotopic (exact) mass is 488 g/mol. The first-order valence-corrected chi connectivity index (χ1v) is 12.3. The molecule has 2 aliphatic heterocycles. The molecule has 0 aromatic heterocycles. The summed E-state index contributed by atoms with van der Waals surface area (Å²) in [6.07, 6.45) is 4.58. The highest BCUT2D eigenvalue weighted by molar-refractivity contribution is 6.41. The third kappa shape index (κ3) is 5.45. The van der Waals surface area contributed by atoms with E-state index in [1.807, 2.05) is 54.2 Å². The molecule has 0 radical (unpaired) electrons. The maximum Gasteiger partial charge on any atom is 0.282 e. The van der Waals surface area contributed by atoms with Gasteiger partial charge in [0.25, 0.3) is 5.91 Å². The van der Waals surface area contributed by atoms with Crippen LogP contribution >= 0.6 is 23.2 Å². The zero-order valence-electron chi connectivity index (χ0n) is 19.1. The molecular formula is C25H30Cl2N4O2. The molecule has 176 valence electrons. The molecule has 0 bridgehead atoms. The summed E-state index contributed by atoms with van der Waals surface area (Å²) in [7, 11) is 0. The van der Waals surface area contributed by atoms with Crippen molar-refractivity contribution in [2.75, 3.05) is 24.7 Å². The fourth-order valence-electron chi connectivity index (χ4n) is 4.49. The molecule has 0 saturated carbocycles. The number of ether oxygens (including phenoxy) is 1. The minimum Gasteiger partial charge on any atom is -0.494 e. The van der Waals surface area contributed by atoms with Gasteiger partial charge in [-0.1, -0.05) is 55.1 Å². The van der Waals surface area contributed by atoms with Gasteiger partial charge < -0.3 is 4.74 Å². The number of hydrogen-bond acceptors (Lipinski definition) is 5. The lowest BCUT2D eigenvalue weighted by Gasteiger charge is -2.28. The fourth-order valence-corrected chi connectivity index (χ4v) is 4.99. The maximum atomic E-state index is 13.3. The number of benzene rings is 2. The Morgan fingerprint density at radius 2 is 1.79 bits per heavy atom. The summed E-state index contributed by atoms with van der Waals surface area (Å²) >= 11 is 12.7. The molecule has 1 amide bonds. The predicted octanol–water partition coefficient (Wildman–Crippen LogP) is 5.85. The van der Waals surface area contributed by atoms with Gasteiger partial charge in [0.1, 0.15) is 11.5 Å². The average molecular weight is 489 g/mol. The molecule has 2 atom stereocenters. The van der Waals surface area contributed by atoms with Crippen molar-refractivity contribution in [2.24, 2.45) is 11.0 Å². The summed E-state index contributed by atoms with van der Waals surface area (Å²) in [4.78, 5) is 13.3. The number of halogens is 2. The fraction of sp³-hybridized carbons (Fsp3) is 0.440. The van der Waals surface area contributed by atoms with Crippen LogP contribution in [0.1, 0.15) is 51.1 Å². The Hall–Kier alpha value is -2.28. The van der Waals surface area contributed by atoms with Crippen LogP contribution in [0.5, 0.6) is 5.75 Å². The van der Waals surface area contributed by atoms with Crippen LogP contribution in [0.2, 0.25) is 10.0 Å². The SMILES string of the molecule is CCOc1ccc([C@@H]2[C@@H](C)C(C(=O)NN3CCCCCC3)=NN2c2ccc(Cl)cc2Cl)cc1. The minimum absolute atomic E-state index is 0.151. The van der Waals surface area contributed by atoms with E-state index in [0.29, 0.717) is 28.1 Å². The number of rotatable bonds is 6. The van der Waals surface area contributed by atoms with Crippen molar-refractivity contribution >= 4 is 40.5 Å². The third-order valence-corrected chi connectivity index (χ3v) is 6.71. The van der Waals surface area contributed by atoms with Crippen molar-refractivity contribution in [3.8, 4) is 5.75 Å². The Balaban J connectivity index is 1.65. The van der Waals surface area contributed by atoms with E-state index in [1.54, 1.807) is 12.1 Å². The second-order valence-corrected chi connectivity index (χ2v) is 9.35. The van der Waals surface area contributed by atoms with Crippen molar-refractivity contribution < 1.29 is 9.53 Å². The summed E-state index contributed by atoms with van der Waals surface area (Å²) in [5.41, 5.74) is 5.32. The Kier molecular flexibility index (Phi) is 7.78. The number of hydrazine groups is 1. The summed E-state index contributed by atoms with van der Waals surface area (Å²) in [5.74, 6) is 0.498. The van der Waals surface area contributed by atoms with Gasteiger partial charge >= 0.3 is 0 Å². The van der Waals surface area contributed by atoms with Gasteiger partial charge in [-0.05, 0) is 55.7 Å². The first-order valence-electron chi connectivity index (χ1n) is 11.6. The van der Waals surface area contributed by atoms with Gasteiger partial charge in [0.05, 0.1) is 23.4 Å². The third-order valence-electron chi connectivity index (χ3n) is 6.17. The number of hydrogen-bond donors (Lipinski definition) is 1. The van der Waals surface area contributed by atoms with Crippen LogP contribution in [0.4, 0.5) is 5.69 Å². The molecule has 1 N–H and O–H groups in total. The summed E-state index contributed by atoms with van der Waals surface area (Å²) < 4.78 is 5.60. The van der Waals surface area contributed by atoms with E-state index in [1.165, 1.54) is 12.8 Å². The molecule has 33 heavy (non-hydrogen) atoms. The second-order valence-electron chi connectivity index (χ2n) is 8.50. The molecule has 1 fully saturated rings. The molecule has 4 rings (SSSR count). The Morgan fingerprint density at radius 3 is 2.42 bits per heavy atom. The topological polar surface area (TPSA) is 57.2 Å². The second kappa shape index (κ2) is 10.8. The van der Waals surface area contributed by atoms with Crippen molar-refractivity contribution in [1.29, 1.82) is 0 Å². The average Bonchev–Trinajstić information content (AvgIpc) is 2.95. The molecule has 6 nitrogen and oxygen atoms in total. The van der Waals surface area contributed by atoms with E-state index < -0.39 is 0 Å². The summed E-state index contributed by atoms with van der Waals surface area (Å²) in [5, 5.41) is 9.70. The van der Waals surface area contributed by atoms with Crippen LogP contribution in [0.15, 0.2) is 47.6 Å². The van der Waals surface area contributed by atoms with Gasteiger partial charge in [-0.15, -0.1) is 0 Å². The molecule has 0 aliphatic carbocycles. The van der Waals surface area contributed by atoms with Crippen LogP contribution in [0, 0.1) is 5.92 Å². The van der Waals surface area contributed by atoms with Crippen LogP contribution in [-0.2, 0) is 4.79 Å². The number of amides is 1. The van der Waals surface area contributed by atoms with Crippen molar-refractivity contribution in [1.82, 2.24) is 10.4 Å². The molecular weight excluding hydrogens is 459 g/mol. The van der Waals surface area contributed by atoms with Gasteiger partial charge in [-0.2, -0.15) is 5.10 Å². The molecule has 0 unspecified atom stereocenters. The van der Waals surface area contributed by atoms with Crippen LogP contribution in [0.3, 0.4) is 0 Å². The number of nitrogens with zero attached hydrogens (tertiary/aromatic N) is 3. The van der Waals surface area contributed by atoms with Crippen molar-refractivity contribution in [2.45, 2.75) is 45.6 Å². The highest BCUT2D eigenvalue weighted by Gasteiger charge is 2.40. The highest BCUT2D eigenvalue weighted by atomic mass is 35.5. The number of hydrazone groups is 1. The molecule has 1 saturated heterocycles. The first kappa shape index (κ1) is 23.9. The summed E-state index contributed by atoms with van der Waals surface area (Å²) in [6.45, 7) is 6.33. The zero-order valence-corrected chi connectivity index (χ0v) is 20.6. The predicted molar refractivity (Wildman–Crippen MR) is 134 cm³/mol. The Bertz CT molecular complexity index is 1000. The lowest BCUT2D eigenvalue weighted by molar-refractivity contribution is -0.119. The van der Waals surface area contributed by atoms with Crippen LogP contribution in [-0.4, -0.2) is 36.3 Å². The first-order chi connectivity index (χ1) is 16.0. The van der Waals surface area contributed by atoms with Gasteiger partial charge in [-0.3, -0.25) is 15.2 Å². The van der Waals surface area contributed by atoms with Crippen molar-refractivity contribution in [3.05, 3.63) is 58.1 Å².